The first-order valence-electron chi connectivity index (χ1n) is 11.5. The van der Waals surface area contributed by atoms with Crippen LogP contribution in [0.5, 0.6) is 5.75 Å². The van der Waals surface area contributed by atoms with Gasteiger partial charge in [0.25, 0.3) is 5.91 Å². The van der Waals surface area contributed by atoms with Gasteiger partial charge in [0.2, 0.25) is 10.0 Å². The molecule has 0 radical (unpaired) electrons. The van der Waals surface area contributed by atoms with Gasteiger partial charge in [0, 0.05) is 31.4 Å². The molecule has 1 fully saturated rings. The maximum absolute atomic E-state index is 13.0. The summed E-state index contributed by atoms with van der Waals surface area (Å²) in [5.74, 6) is 0.399. The first kappa shape index (κ1) is 23.9. The second-order valence-corrected chi connectivity index (χ2v) is 10.2. The Kier molecular flexibility index (Phi) is 7.92. The summed E-state index contributed by atoms with van der Waals surface area (Å²) in [4.78, 5) is 17.1. The van der Waals surface area contributed by atoms with Gasteiger partial charge in [0.05, 0.1) is 10.6 Å². The SMILES string of the molecule is O=C(NCc1ccc(OCc2ccccn2)cc1)c1cccc(S(=O)(=O)N2CCCCCC2)c1. The Morgan fingerprint density at radius 3 is 2.41 bits per heavy atom. The van der Waals surface area contributed by atoms with E-state index in [1.807, 2.05) is 42.5 Å². The molecule has 1 aliphatic heterocycles. The van der Waals surface area contributed by atoms with Crippen molar-refractivity contribution in [2.45, 2.75) is 43.7 Å². The number of pyridine rings is 1. The standard InChI is InChI=1S/C26H29N3O4S/c30-26(22-8-7-10-25(18-22)34(31,32)29-16-5-1-2-6-17-29)28-19-21-11-13-24(14-12-21)33-20-23-9-3-4-15-27-23/h3-4,7-15,18H,1-2,5-6,16-17,19-20H2,(H,28,30). The molecule has 2 heterocycles. The molecular formula is C26H29N3O4S. The van der Waals surface area contributed by atoms with Crippen LogP contribution in [0.2, 0.25) is 0 Å². The molecule has 1 saturated heterocycles. The van der Waals surface area contributed by atoms with Crippen LogP contribution >= 0.6 is 0 Å². The van der Waals surface area contributed by atoms with Crippen LogP contribution in [0.1, 0.15) is 47.3 Å². The van der Waals surface area contributed by atoms with Crippen molar-refractivity contribution in [2.24, 2.45) is 0 Å². The minimum absolute atomic E-state index is 0.163. The van der Waals surface area contributed by atoms with Crippen LogP contribution in [0, 0.1) is 0 Å². The molecule has 1 aliphatic rings. The van der Waals surface area contributed by atoms with Crippen LogP contribution in [-0.4, -0.2) is 36.7 Å². The molecule has 8 heteroatoms. The monoisotopic (exact) mass is 479 g/mol. The minimum atomic E-state index is -3.60. The molecule has 1 amide bonds. The van der Waals surface area contributed by atoms with Gasteiger partial charge >= 0.3 is 0 Å². The molecule has 2 aromatic carbocycles. The van der Waals surface area contributed by atoms with E-state index in [1.165, 1.54) is 10.4 Å². The summed E-state index contributed by atoms with van der Waals surface area (Å²) in [5, 5.41) is 2.86. The van der Waals surface area contributed by atoms with Crippen molar-refractivity contribution in [3.8, 4) is 5.75 Å². The molecule has 7 nitrogen and oxygen atoms in total. The van der Waals surface area contributed by atoms with Crippen LogP contribution in [-0.2, 0) is 23.2 Å². The summed E-state index contributed by atoms with van der Waals surface area (Å²) in [6.07, 6.45) is 5.56. The Labute approximate surface area is 200 Å². The van der Waals surface area contributed by atoms with Crippen LogP contribution in [0.4, 0.5) is 0 Å². The largest absolute Gasteiger partial charge is 0.487 e. The van der Waals surface area contributed by atoms with Gasteiger partial charge in [-0.15, -0.1) is 0 Å². The van der Waals surface area contributed by atoms with Gasteiger partial charge in [-0.05, 0) is 60.9 Å². The smallest absolute Gasteiger partial charge is 0.251 e. The van der Waals surface area contributed by atoms with Gasteiger partial charge in [-0.25, -0.2) is 8.42 Å². The fourth-order valence-electron chi connectivity index (χ4n) is 3.86. The predicted molar refractivity (Wildman–Crippen MR) is 130 cm³/mol. The zero-order valence-corrected chi connectivity index (χ0v) is 19.8. The van der Waals surface area contributed by atoms with Crippen LogP contribution in [0.15, 0.2) is 77.8 Å². The predicted octanol–water partition coefficient (Wildman–Crippen LogP) is 4.16. The fraction of sp³-hybridized carbons (Fsp3) is 0.308. The van der Waals surface area contributed by atoms with Gasteiger partial charge in [0.15, 0.2) is 0 Å². The normalized spacial score (nSPS) is 14.8. The van der Waals surface area contributed by atoms with E-state index in [0.717, 1.165) is 36.9 Å². The molecule has 0 atom stereocenters. The van der Waals surface area contributed by atoms with E-state index in [2.05, 4.69) is 10.3 Å². The van der Waals surface area contributed by atoms with Crippen LogP contribution in [0.3, 0.4) is 0 Å². The van der Waals surface area contributed by atoms with Gasteiger partial charge in [-0.3, -0.25) is 9.78 Å². The number of benzene rings is 2. The summed E-state index contributed by atoms with van der Waals surface area (Å²) < 4.78 is 33.4. The third-order valence-corrected chi connectivity index (χ3v) is 7.68. The lowest BCUT2D eigenvalue weighted by Gasteiger charge is -2.20. The number of rotatable bonds is 8. The van der Waals surface area contributed by atoms with Crippen molar-refractivity contribution in [2.75, 3.05) is 13.1 Å². The average Bonchev–Trinajstić information content (AvgIpc) is 3.18. The summed E-state index contributed by atoms with van der Waals surface area (Å²) in [7, 11) is -3.60. The number of aromatic nitrogens is 1. The van der Waals surface area contributed by atoms with Crippen molar-refractivity contribution in [1.29, 1.82) is 0 Å². The summed E-state index contributed by atoms with van der Waals surface area (Å²) >= 11 is 0. The van der Waals surface area contributed by atoms with E-state index in [1.54, 1.807) is 24.4 Å². The molecule has 3 aromatic rings. The number of nitrogens with one attached hydrogen (secondary N) is 1. The number of amides is 1. The van der Waals surface area contributed by atoms with E-state index in [0.29, 0.717) is 37.6 Å². The van der Waals surface area contributed by atoms with Gasteiger partial charge in [0.1, 0.15) is 12.4 Å². The number of hydrogen-bond acceptors (Lipinski definition) is 5. The third-order valence-electron chi connectivity index (χ3n) is 5.79. The second-order valence-electron chi connectivity index (χ2n) is 8.28. The van der Waals surface area contributed by atoms with Crippen molar-refractivity contribution < 1.29 is 17.9 Å². The number of carbonyl (C=O) groups excluding carboxylic acids is 1. The quantitative estimate of drug-likeness (QED) is 0.524. The molecular weight excluding hydrogens is 450 g/mol. The fourth-order valence-corrected chi connectivity index (χ4v) is 5.42. The number of nitrogens with zero attached hydrogens (tertiary/aromatic N) is 2. The summed E-state index contributed by atoms with van der Waals surface area (Å²) in [6.45, 7) is 1.76. The van der Waals surface area contributed by atoms with E-state index in [9.17, 15) is 13.2 Å². The molecule has 34 heavy (non-hydrogen) atoms. The molecule has 178 valence electrons. The Bertz CT molecular complexity index is 1190. The molecule has 0 unspecified atom stereocenters. The lowest BCUT2D eigenvalue weighted by Crippen LogP contribution is -2.32. The molecule has 1 N–H and O–H groups in total. The van der Waals surface area contributed by atoms with Crippen molar-refractivity contribution in [3.63, 3.8) is 0 Å². The molecule has 1 aromatic heterocycles. The Hall–Kier alpha value is -3.23. The van der Waals surface area contributed by atoms with Crippen molar-refractivity contribution >= 4 is 15.9 Å². The van der Waals surface area contributed by atoms with Gasteiger partial charge in [-0.2, -0.15) is 4.31 Å². The maximum atomic E-state index is 13.0. The highest BCUT2D eigenvalue weighted by molar-refractivity contribution is 7.89. The molecule has 0 aliphatic carbocycles. The van der Waals surface area contributed by atoms with Crippen LogP contribution < -0.4 is 10.1 Å². The van der Waals surface area contributed by atoms with E-state index in [-0.39, 0.29) is 10.8 Å². The second kappa shape index (κ2) is 11.3. The van der Waals surface area contributed by atoms with Crippen molar-refractivity contribution in [1.82, 2.24) is 14.6 Å². The number of ether oxygens (including phenoxy) is 1. The Balaban J connectivity index is 1.34. The Morgan fingerprint density at radius 1 is 0.941 bits per heavy atom. The average molecular weight is 480 g/mol. The first-order chi connectivity index (χ1) is 16.5. The molecule has 0 saturated carbocycles. The van der Waals surface area contributed by atoms with E-state index < -0.39 is 10.0 Å². The van der Waals surface area contributed by atoms with Gasteiger partial charge in [-0.1, -0.05) is 37.1 Å². The summed E-state index contributed by atoms with van der Waals surface area (Å²) in [5.41, 5.74) is 2.08. The molecule has 4 rings (SSSR count). The molecule has 0 spiro atoms. The number of sulfonamides is 1. The third kappa shape index (κ3) is 6.21. The zero-order valence-electron chi connectivity index (χ0n) is 19.0. The topological polar surface area (TPSA) is 88.6 Å². The maximum Gasteiger partial charge on any atom is 0.251 e. The van der Waals surface area contributed by atoms with Gasteiger partial charge < -0.3 is 10.1 Å². The summed E-state index contributed by atoms with van der Waals surface area (Å²) in [6, 6.07) is 19.4. The minimum Gasteiger partial charge on any atom is -0.487 e. The highest BCUT2D eigenvalue weighted by Gasteiger charge is 2.25. The Morgan fingerprint density at radius 2 is 1.71 bits per heavy atom. The highest BCUT2D eigenvalue weighted by Crippen LogP contribution is 2.21. The first-order valence-corrected chi connectivity index (χ1v) is 13.0. The van der Waals surface area contributed by atoms with E-state index in [4.69, 9.17) is 4.74 Å². The van der Waals surface area contributed by atoms with E-state index >= 15 is 0 Å². The molecule has 0 bridgehead atoms. The lowest BCUT2D eigenvalue weighted by atomic mass is 10.2. The highest BCUT2D eigenvalue weighted by atomic mass is 32.2. The lowest BCUT2D eigenvalue weighted by molar-refractivity contribution is 0.0950. The van der Waals surface area contributed by atoms with Crippen molar-refractivity contribution in [3.05, 3.63) is 89.7 Å². The zero-order chi connectivity index (χ0) is 23.8. The van der Waals surface area contributed by atoms with Crippen LogP contribution in [0.25, 0.3) is 0 Å². The number of carbonyl (C=O) groups is 1. The number of hydrogen-bond donors (Lipinski definition) is 1.